The van der Waals surface area contributed by atoms with Crippen molar-refractivity contribution in [1.29, 1.82) is 0 Å². The van der Waals surface area contributed by atoms with Crippen molar-refractivity contribution in [3.8, 4) is 0 Å². The summed E-state index contributed by atoms with van der Waals surface area (Å²) in [4.78, 5) is 46.2. The lowest BCUT2D eigenvalue weighted by atomic mass is 9.97. The summed E-state index contributed by atoms with van der Waals surface area (Å²) in [5.41, 5.74) is -1.72. The van der Waals surface area contributed by atoms with E-state index >= 15 is 0 Å². The van der Waals surface area contributed by atoms with Crippen molar-refractivity contribution in [2.45, 2.75) is 13.8 Å². The summed E-state index contributed by atoms with van der Waals surface area (Å²) < 4.78 is 4.71. The number of carboxylic acid groups (broad SMARTS) is 2. The molecule has 1 aromatic carbocycles. The van der Waals surface area contributed by atoms with E-state index in [9.17, 15) is 19.2 Å². The molecule has 0 aliphatic heterocycles. The van der Waals surface area contributed by atoms with Crippen LogP contribution in [0.5, 0.6) is 0 Å². The second-order valence-corrected chi connectivity index (χ2v) is 4.13. The zero-order valence-corrected chi connectivity index (χ0v) is 12.0. The maximum Gasteiger partial charge on any atom is 0.339 e. The van der Waals surface area contributed by atoms with Crippen molar-refractivity contribution < 1.29 is 34.1 Å². The number of carboxylic acids is 2. The Morgan fingerprint density at radius 3 is 1.91 bits per heavy atom. The van der Waals surface area contributed by atoms with E-state index in [4.69, 9.17) is 14.9 Å². The van der Waals surface area contributed by atoms with Crippen LogP contribution < -0.4 is 5.32 Å². The Balaban J connectivity index is 3.57. The number of aromatic carboxylic acids is 2. The van der Waals surface area contributed by atoms with Crippen molar-refractivity contribution in [3.63, 3.8) is 0 Å². The third kappa shape index (κ3) is 3.60. The average molecular weight is 309 g/mol. The zero-order chi connectivity index (χ0) is 16.9. The van der Waals surface area contributed by atoms with Crippen molar-refractivity contribution in [3.05, 3.63) is 34.4 Å². The highest BCUT2D eigenvalue weighted by Crippen LogP contribution is 2.19. The first-order valence-corrected chi connectivity index (χ1v) is 6.43. The molecule has 0 aliphatic rings. The average Bonchev–Trinajstić information content (AvgIpc) is 2.46. The number of ether oxygens (including phenoxy) is 1. The molecule has 8 nitrogen and oxygen atoms in total. The molecule has 0 bridgehead atoms. The van der Waals surface area contributed by atoms with Gasteiger partial charge in [0, 0.05) is 6.54 Å². The van der Waals surface area contributed by atoms with Crippen LogP contribution >= 0.6 is 0 Å². The van der Waals surface area contributed by atoms with Crippen LogP contribution in [0.4, 0.5) is 0 Å². The molecule has 0 aliphatic carbocycles. The van der Waals surface area contributed by atoms with Gasteiger partial charge in [-0.15, -0.1) is 0 Å². The van der Waals surface area contributed by atoms with Gasteiger partial charge in [-0.3, -0.25) is 4.79 Å². The highest BCUT2D eigenvalue weighted by molar-refractivity contribution is 6.10. The van der Waals surface area contributed by atoms with Crippen molar-refractivity contribution >= 4 is 23.8 Å². The van der Waals surface area contributed by atoms with E-state index in [1.54, 1.807) is 6.92 Å². The molecule has 3 N–H and O–H groups in total. The monoisotopic (exact) mass is 309 g/mol. The Bertz CT molecular complexity index is 581. The minimum Gasteiger partial charge on any atom is -0.478 e. The largest absolute Gasteiger partial charge is 0.478 e. The van der Waals surface area contributed by atoms with Gasteiger partial charge in [0.25, 0.3) is 5.91 Å². The molecule has 8 heteroatoms. The van der Waals surface area contributed by atoms with Crippen molar-refractivity contribution in [1.82, 2.24) is 5.32 Å². The third-order valence-electron chi connectivity index (χ3n) is 2.70. The fourth-order valence-electron chi connectivity index (χ4n) is 1.77. The topological polar surface area (TPSA) is 130 Å². The quantitative estimate of drug-likeness (QED) is 0.668. The molecule has 0 spiro atoms. The number of carbonyl (C=O) groups is 4. The summed E-state index contributed by atoms with van der Waals surface area (Å²) in [6.07, 6.45) is 0. The Kier molecular flexibility index (Phi) is 5.62. The second-order valence-electron chi connectivity index (χ2n) is 4.13. The van der Waals surface area contributed by atoms with Crippen LogP contribution in [0, 0.1) is 0 Å². The molecule has 0 saturated heterocycles. The highest BCUT2D eigenvalue weighted by Gasteiger charge is 2.25. The number of nitrogens with one attached hydrogen (secondary N) is 1. The first-order valence-electron chi connectivity index (χ1n) is 6.43. The Morgan fingerprint density at radius 1 is 0.955 bits per heavy atom. The highest BCUT2D eigenvalue weighted by atomic mass is 16.5. The van der Waals surface area contributed by atoms with Gasteiger partial charge < -0.3 is 20.3 Å². The molecule has 22 heavy (non-hydrogen) atoms. The molecule has 1 rings (SSSR count). The first kappa shape index (κ1) is 17.2. The predicted octanol–water partition coefficient (Wildman–Crippen LogP) is 1.01. The first-order chi connectivity index (χ1) is 10.3. The number of amides is 1. The van der Waals surface area contributed by atoms with Crippen LogP contribution in [0.1, 0.15) is 55.3 Å². The van der Waals surface area contributed by atoms with Crippen molar-refractivity contribution in [2.24, 2.45) is 0 Å². The number of hydrogen-bond donors (Lipinski definition) is 3. The van der Waals surface area contributed by atoms with Crippen LogP contribution in [0.25, 0.3) is 0 Å². The van der Waals surface area contributed by atoms with E-state index in [-0.39, 0.29) is 18.7 Å². The summed E-state index contributed by atoms with van der Waals surface area (Å²) >= 11 is 0. The van der Waals surface area contributed by atoms with Gasteiger partial charge in [-0.1, -0.05) is 0 Å². The van der Waals surface area contributed by atoms with Gasteiger partial charge in [0.2, 0.25) is 0 Å². The third-order valence-corrected chi connectivity index (χ3v) is 2.70. The lowest BCUT2D eigenvalue weighted by molar-refractivity contribution is 0.0514. The lowest BCUT2D eigenvalue weighted by Crippen LogP contribution is -2.26. The van der Waals surface area contributed by atoms with Crippen LogP contribution in [-0.4, -0.2) is 47.2 Å². The number of benzene rings is 1. The van der Waals surface area contributed by atoms with Gasteiger partial charge >= 0.3 is 17.9 Å². The van der Waals surface area contributed by atoms with E-state index < -0.39 is 40.5 Å². The Hall–Kier alpha value is -2.90. The van der Waals surface area contributed by atoms with Gasteiger partial charge in [0.05, 0.1) is 28.9 Å². The van der Waals surface area contributed by atoms with Crippen LogP contribution in [0.15, 0.2) is 12.1 Å². The molecule has 0 heterocycles. The molecule has 1 amide bonds. The van der Waals surface area contributed by atoms with E-state index in [0.29, 0.717) is 0 Å². The van der Waals surface area contributed by atoms with Crippen LogP contribution in [-0.2, 0) is 4.74 Å². The summed E-state index contributed by atoms with van der Waals surface area (Å²) in [5, 5.41) is 20.7. The van der Waals surface area contributed by atoms with E-state index in [0.717, 1.165) is 12.1 Å². The number of rotatable bonds is 6. The van der Waals surface area contributed by atoms with E-state index in [2.05, 4.69) is 5.32 Å². The summed E-state index contributed by atoms with van der Waals surface area (Å²) in [5.74, 6) is -4.63. The fourth-order valence-corrected chi connectivity index (χ4v) is 1.77. The molecule has 118 valence electrons. The normalized spacial score (nSPS) is 9.91. The molecule has 0 fully saturated rings. The molecule has 0 aromatic heterocycles. The molecule has 1 aromatic rings. The lowest BCUT2D eigenvalue weighted by Gasteiger charge is -2.11. The number of carbonyl (C=O) groups excluding carboxylic acids is 2. The van der Waals surface area contributed by atoms with E-state index in [1.165, 1.54) is 6.92 Å². The fraction of sp³-hybridized carbons (Fsp3) is 0.286. The maximum atomic E-state index is 11.9. The van der Waals surface area contributed by atoms with Crippen LogP contribution in [0.3, 0.4) is 0 Å². The molecule has 0 atom stereocenters. The van der Waals surface area contributed by atoms with Gasteiger partial charge in [-0.05, 0) is 26.0 Å². The second kappa shape index (κ2) is 7.21. The van der Waals surface area contributed by atoms with Gasteiger partial charge in [0.1, 0.15) is 0 Å². The van der Waals surface area contributed by atoms with Crippen LogP contribution in [0.2, 0.25) is 0 Å². The van der Waals surface area contributed by atoms with Gasteiger partial charge in [0.15, 0.2) is 0 Å². The zero-order valence-electron chi connectivity index (χ0n) is 12.0. The molecule has 0 unspecified atom stereocenters. The molecular formula is C14H15NO7. The number of hydrogen-bond acceptors (Lipinski definition) is 5. The molecular weight excluding hydrogens is 294 g/mol. The maximum absolute atomic E-state index is 11.9. The van der Waals surface area contributed by atoms with Gasteiger partial charge in [-0.2, -0.15) is 0 Å². The Labute approximate surface area is 125 Å². The summed E-state index contributed by atoms with van der Waals surface area (Å²) in [6.45, 7) is 3.39. The van der Waals surface area contributed by atoms with E-state index in [1.807, 2.05) is 0 Å². The molecule has 0 saturated carbocycles. The smallest absolute Gasteiger partial charge is 0.339 e. The SMILES string of the molecule is CCNC(=O)c1cc(C(=O)O)c(C(=O)OCC)cc1C(=O)O. The molecule has 0 radical (unpaired) electrons. The Morgan fingerprint density at radius 2 is 1.45 bits per heavy atom. The minimum atomic E-state index is -1.47. The summed E-state index contributed by atoms with van der Waals surface area (Å²) in [6, 6.07) is 1.71. The standard InChI is InChI=1S/C14H15NO7/c1-3-15-11(16)7-5-9(13(19)20)10(14(21)22-4-2)6-8(7)12(17)18/h5-6H,3-4H2,1-2H3,(H,15,16)(H,17,18)(H,19,20). The van der Waals surface area contributed by atoms with Crippen molar-refractivity contribution in [2.75, 3.05) is 13.2 Å². The minimum absolute atomic E-state index is 0.00162. The predicted molar refractivity (Wildman–Crippen MR) is 74.3 cm³/mol. The summed E-state index contributed by atoms with van der Waals surface area (Å²) in [7, 11) is 0. The number of esters is 1. The van der Waals surface area contributed by atoms with Gasteiger partial charge in [-0.25, -0.2) is 14.4 Å².